The number of aliphatic hydroxyl groups is 1. The van der Waals surface area contributed by atoms with Gasteiger partial charge in [0.15, 0.2) is 23.4 Å². The zero-order valence-electron chi connectivity index (χ0n) is 18.8. The van der Waals surface area contributed by atoms with Gasteiger partial charge in [-0.1, -0.05) is 11.6 Å². The van der Waals surface area contributed by atoms with E-state index in [4.69, 9.17) is 16.3 Å². The molecule has 0 saturated carbocycles. The zero-order chi connectivity index (χ0) is 25.7. The third-order valence-corrected chi connectivity index (χ3v) is 6.80. The van der Waals surface area contributed by atoms with E-state index >= 15 is 0 Å². The molecule has 35 heavy (non-hydrogen) atoms. The number of fused-ring (bicyclic) bond motifs is 1. The number of nitrogens with one attached hydrogen (secondary N) is 1. The van der Waals surface area contributed by atoms with Crippen LogP contribution in [0.5, 0.6) is 5.75 Å². The maximum Gasteiger partial charge on any atom is 0.278 e. The maximum absolute atomic E-state index is 13.0. The van der Waals surface area contributed by atoms with Gasteiger partial charge in [-0.2, -0.15) is 0 Å². The third-order valence-electron chi connectivity index (χ3n) is 6.51. The molecular weight excluding hydrogens is 490 g/mol. The topological polar surface area (TPSA) is 124 Å². The zero-order valence-corrected chi connectivity index (χ0v) is 19.6. The molecule has 5 rings (SSSR count). The van der Waals surface area contributed by atoms with Gasteiger partial charge in [0.2, 0.25) is 5.43 Å². The number of carbonyl (C=O) groups excluding carboxylic acids is 2. The minimum atomic E-state index is -1.11. The number of halogens is 3. The molecule has 1 aromatic carbocycles. The van der Waals surface area contributed by atoms with E-state index in [1.165, 1.54) is 15.6 Å². The molecule has 0 radical (unpaired) electrons. The summed E-state index contributed by atoms with van der Waals surface area (Å²) in [5.74, 6) is -2.59. The van der Waals surface area contributed by atoms with Crippen LogP contribution in [0.4, 0.5) is 8.78 Å². The normalized spacial score (nSPS) is 22.3. The number of aldehydes is 1. The summed E-state index contributed by atoms with van der Waals surface area (Å²) >= 11 is 5.45. The lowest BCUT2D eigenvalue weighted by molar-refractivity contribution is 0.0311. The fraction of sp³-hybridized carbons (Fsp3) is 0.409. The second-order valence-electron chi connectivity index (χ2n) is 8.35. The van der Waals surface area contributed by atoms with Crippen LogP contribution in [-0.4, -0.2) is 71.5 Å². The van der Waals surface area contributed by atoms with E-state index in [9.17, 15) is 33.4 Å². The Balaban J connectivity index is 0.000000204. The molecule has 4 heterocycles. The number of rotatable bonds is 3. The van der Waals surface area contributed by atoms with Crippen LogP contribution in [0.15, 0.2) is 16.9 Å². The SMILES string of the molecule is CN1C(=O)c2c(O)c(=O)c(C=O)c3n2N(CC3O)C12CCOC2.CNCc1c(F)ccc(Cl)c1F. The van der Waals surface area contributed by atoms with Crippen molar-refractivity contribution in [2.45, 2.75) is 24.7 Å². The van der Waals surface area contributed by atoms with Crippen LogP contribution >= 0.6 is 11.6 Å². The lowest BCUT2D eigenvalue weighted by Gasteiger charge is -2.50. The number of aliphatic hydroxyl groups excluding tert-OH is 1. The van der Waals surface area contributed by atoms with Crippen LogP contribution in [0.25, 0.3) is 0 Å². The van der Waals surface area contributed by atoms with Gasteiger partial charge in [0, 0.05) is 25.6 Å². The highest BCUT2D eigenvalue weighted by molar-refractivity contribution is 6.30. The van der Waals surface area contributed by atoms with Crippen LogP contribution in [0, 0.1) is 11.6 Å². The van der Waals surface area contributed by atoms with E-state index in [2.05, 4.69) is 5.32 Å². The fourth-order valence-electron chi connectivity index (χ4n) is 4.69. The van der Waals surface area contributed by atoms with Crippen molar-refractivity contribution >= 4 is 23.8 Å². The van der Waals surface area contributed by atoms with Crippen molar-refractivity contribution in [2.24, 2.45) is 0 Å². The Morgan fingerprint density at radius 2 is 2.06 bits per heavy atom. The number of aromatic nitrogens is 1. The molecule has 2 aromatic rings. The van der Waals surface area contributed by atoms with E-state index in [0.717, 1.165) is 6.07 Å². The van der Waals surface area contributed by atoms with Gasteiger partial charge in [-0.15, -0.1) is 0 Å². The number of ether oxygens (including phenoxy) is 1. The number of aromatic hydroxyl groups is 1. The van der Waals surface area contributed by atoms with E-state index in [1.807, 2.05) is 0 Å². The second-order valence-corrected chi connectivity index (χ2v) is 8.76. The number of carbonyl (C=O) groups is 2. The summed E-state index contributed by atoms with van der Waals surface area (Å²) in [5, 5.41) is 24.8. The lowest BCUT2D eigenvalue weighted by Crippen LogP contribution is -2.69. The van der Waals surface area contributed by atoms with Gasteiger partial charge in [0.25, 0.3) is 5.91 Å². The summed E-state index contributed by atoms with van der Waals surface area (Å²) in [5.41, 5.74) is -2.28. The predicted molar refractivity (Wildman–Crippen MR) is 120 cm³/mol. The standard InChI is InChI=1S/C14H15N3O6.C8H8ClF2N/c1-15-13(22)10-12(21)11(20)7(5-18)9-8(19)4-16(17(9)10)14(15)2-3-23-6-14;1-12-4-5-7(10)3-2-6(9)8(5)11/h5,8,19,21H,2-4,6H2,1H3;2-3,12H,4H2,1H3. The van der Waals surface area contributed by atoms with Gasteiger partial charge in [0.05, 0.1) is 36.0 Å². The highest BCUT2D eigenvalue weighted by Crippen LogP contribution is 2.41. The number of nitrogens with zero attached hydrogens (tertiary/aromatic N) is 3. The van der Waals surface area contributed by atoms with Crippen molar-refractivity contribution in [2.75, 3.05) is 38.9 Å². The smallest absolute Gasteiger partial charge is 0.278 e. The molecule has 3 aliphatic rings. The van der Waals surface area contributed by atoms with Crippen molar-refractivity contribution in [1.29, 1.82) is 0 Å². The molecule has 1 aromatic heterocycles. The molecule has 0 bridgehead atoms. The monoisotopic (exact) mass is 512 g/mol. The second kappa shape index (κ2) is 9.19. The number of amides is 1. The fourth-order valence-corrected chi connectivity index (χ4v) is 4.87. The molecule has 2 unspecified atom stereocenters. The number of pyridine rings is 1. The number of likely N-dealkylation sites (N-methyl/N-ethyl adjacent to an activating group) is 1. The Bertz CT molecular complexity index is 1260. The molecule has 188 valence electrons. The van der Waals surface area contributed by atoms with Crippen LogP contribution in [-0.2, 0) is 11.3 Å². The third kappa shape index (κ3) is 3.68. The first-order valence-electron chi connectivity index (χ1n) is 10.7. The first kappa shape index (κ1) is 25.0. The summed E-state index contributed by atoms with van der Waals surface area (Å²) in [6.07, 6.45) is -0.290. The lowest BCUT2D eigenvalue weighted by atomic mass is 10.0. The Morgan fingerprint density at radius 1 is 1.34 bits per heavy atom. The van der Waals surface area contributed by atoms with Crippen molar-refractivity contribution in [3.63, 3.8) is 0 Å². The van der Waals surface area contributed by atoms with E-state index in [0.29, 0.717) is 19.3 Å². The molecule has 3 N–H and O–H groups in total. The molecule has 0 aliphatic carbocycles. The van der Waals surface area contributed by atoms with Gasteiger partial charge < -0.3 is 25.2 Å². The average Bonchev–Trinajstić information content (AvgIpc) is 3.45. The van der Waals surface area contributed by atoms with Crippen molar-refractivity contribution in [3.8, 4) is 5.75 Å². The summed E-state index contributed by atoms with van der Waals surface area (Å²) in [4.78, 5) is 37.6. The Labute approximate surface area is 203 Å². The molecular formula is C22H23ClF2N4O6. The average molecular weight is 513 g/mol. The molecule has 13 heteroatoms. The van der Waals surface area contributed by atoms with Crippen molar-refractivity contribution in [3.05, 3.63) is 61.5 Å². The molecule has 1 saturated heterocycles. The Morgan fingerprint density at radius 3 is 2.66 bits per heavy atom. The minimum Gasteiger partial charge on any atom is -0.502 e. The molecule has 10 nitrogen and oxygen atoms in total. The van der Waals surface area contributed by atoms with Crippen LogP contribution in [0.2, 0.25) is 5.02 Å². The van der Waals surface area contributed by atoms with E-state index in [1.54, 1.807) is 19.1 Å². The predicted octanol–water partition coefficient (Wildman–Crippen LogP) is 0.891. The summed E-state index contributed by atoms with van der Waals surface area (Å²) < 4.78 is 32.7. The number of benzene rings is 1. The largest absolute Gasteiger partial charge is 0.502 e. The van der Waals surface area contributed by atoms with Crippen LogP contribution in [0.1, 0.15) is 44.6 Å². The summed E-state index contributed by atoms with van der Waals surface area (Å²) in [6.45, 7) is 0.918. The van der Waals surface area contributed by atoms with Crippen molar-refractivity contribution in [1.82, 2.24) is 14.9 Å². The Kier molecular flexibility index (Phi) is 6.58. The quantitative estimate of drug-likeness (QED) is 0.409. The van der Waals surface area contributed by atoms with Crippen LogP contribution < -0.4 is 15.8 Å². The van der Waals surface area contributed by atoms with Gasteiger partial charge >= 0.3 is 0 Å². The highest BCUT2D eigenvalue weighted by Gasteiger charge is 2.56. The van der Waals surface area contributed by atoms with E-state index in [-0.39, 0.29) is 47.2 Å². The number of hydrogen-bond acceptors (Lipinski definition) is 8. The molecule has 1 spiro atoms. The maximum atomic E-state index is 13.0. The van der Waals surface area contributed by atoms with Gasteiger partial charge in [-0.3, -0.25) is 19.4 Å². The molecule has 1 fully saturated rings. The summed E-state index contributed by atoms with van der Waals surface area (Å²) in [7, 11) is 3.18. The van der Waals surface area contributed by atoms with Gasteiger partial charge in [0.1, 0.15) is 17.7 Å². The first-order valence-corrected chi connectivity index (χ1v) is 11.0. The first-order chi connectivity index (χ1) is 16.6. The Hall–Kier alpha value is -3.06. The molecule has 2 atom stereocenters. The van der Waals surface area contributed by atoms with Crippen LogP contribution in [0.3, 0.4) is 0 Å². The number of hydrogen-bond donors (Lipinski definition) is 3. The van der Waals surface area contributed by atoms with Gasteiger partial charge in [-0.05, 0) is 19.2 Å². The highest BCUT2D eigenvalue weighted by atomic mass is 35.5. The van der Waals surface area contributed by atoms with Crippen molar-refractivity contribution < 1.29 is 33.3 Å². The molecule has 1 amide bonds. The minimum absolute atomic E-state index is 0.0231. The van der Waals surface area contributed by atoms with E-state index < -0.39 is 40.5 Å². The summed E-state index contributed by atoms with van der Waals surface area (Å²) in [6, 6.07) is 2.35. The molecule has 3 aliphatic heterocycles. The van der Waals surface area contributed by atoms with Gasteiger partial charge in [-0.25, -0.2) is 13.5 Å².